The number of pyridine rings is 1. The number of methoxy groups -OCH3 is 1. The highest BCUT2D eigenvalue weighted by atomic mass is 35.5. The van der Waals surface area contributed by atoms with Crippen molar-refractivity contribution >= 4 is 11.6 Å². The summed E-state index contributed by atoms with van der Waals surface area (Å²) in [6, 6.07) is 1.71. The molecule has 25 heavy (non-hydrogen) atoms. The summed E-state index contributed by atoms with van der Waals surface area (Å²) >= 11 is 5.98. The zero-order valence-corrected chi connectivity index (χ0v) is 14.7. The zero-order valence-electron chi connectivity index (χ0n) is 13.9. The summed E-state index contributed by atoms with van der Waals surface area (Å²) in [5.74, 6) is 2.83. The van der Waals surface area contributed by atoms with Gasteiger partial charge in [-0.05, 0) is 6.92 Å². The first-order chi connectivity index (χ1) is 12.2. The molecular weight excluding hydrogens is 344 g/mol. The first-order valence-corrected chi connectivity index (χ1v) is 8.36. The van der Waals surface area contributed by atoms with Crippen LogP contribution in [0.5, 0.6) is 5.75 Å². The van der Waals surface area contributed by atoms with Crippen molar-refractivity contribution in [2.24, 2.45) is 0 Å². The number of halogens is 1. The predicted molar refractivity (Wildman–Crippen MR) is 91.4 cm³/mol. The van der Waals surface area contributed by atoms with E-state index in [1.165, 1.54) is 0 Å². The monoisotopic (exact) mass is 360 g/mol. The average Bonchev–Trinajstić information content (AvgIpc) is 3.16. The van der Waals surface area contributed by atoms with E-state index < -0.39 is 0 Å². The second kappa shape index (κ2) is 6.45. The van der Waals surface area contributed by atoms with Crippen molar-refractivity contribution in [2.75, 3.05) is 13.7 Å². The fraction of sp³-hybridized carbons (Fsp3) is 0.375. The van der Waals surface area contributed by atoms with Crippen LogP contribution in [0.2, 0.25) is 5.15 Å². The molecule has 0 unspecified atom stereocenters. The summed E-state index contributed by atoms with van der Waals surface area (Å²) in [7, 11) is 1.63. The van der Waals surface area contributed by atoms with Crippen molar-refractivity contribution in [1.29, 1.82) is 0 Å². The Balaban J connectivity index is 1.81. The fourth-order valence-electron chi connectivity index (χ4n) is 2.85. The molecule has 3 aromatic rings. The lowest BCUT2D eigenvalue weighted by atomic mass is 10.2. The molecule has 0 fully saturated rings. The first kappa shape index (κ1) is 16.0. The third-order valence-corrected chi connectivity index (χ3v) is 4.16. The predicted octanol–water partition coefficient (Wildman–Crippen LogP) is 2.42. The van der Waals surface area contributed by atoms with Crippen molar-refractivity contribution < 1.29 is 9.47 Å². The molecule has 0 aromatic carbocycles. The topological polar surface area (TPSA) is 79.9 Å². The van der Waals surface area contributed by atoms with Crippen LogP contribution >= 0.6 is 11.6 Å². The van der Waals surface area contributed by atoms with E-state index in [1.807, 2.05) is 22.4 Å². The van der Waals surface area contributed by atoms with Gasteiger partial charge in [0.15, 0.2) is 11.6 Å². The number of aromatic nitrogens is 6. The number of hydrogen-bond donors (Lipinski definition) is 0. The SMILES string of the molecule is CCn1nc(COC)nc1-c1cn2c(n1)-c1cnc(Cl)cc1OCC2. The van der Waals surface area contributed by atoms with Gasteiger partial charge in [-0.1, -0.05) is 11.6 Å². The number of imidazole rings is 1. The smallest absolute Gasteiger partial charge is 0.178 e. The van der Waals surface area contributed by atoms with Crippen molar-refractivity contribution in [3.63, 3.8) is 0 Å². The van der Waals surface area contributed by atoms with Crippen molar-refractivity contribution in [3.8, 4) is 28.7 Å². The van der Waals surface area contributed by atoms with Gasteiger partial charge in [0.2, 0.25) is 0 Å². The van der Waals surface area contributed by atoms with Crippen LogP contribution in [0, 0.1) is 0 Å². The highest BCUT2D eigenvalue weighted by Gasteiger charge is 2.22. The summed E-state index contributed by atoms with van der Waals surface area (Å²) in [4.78, 5) is 13.5. The Kier molecular flexibility index (Phi) is 4.14. The summed E-state index contributed by atoms with van der Waals surface area (Å²) < 4.78 is 14.8. The number of hydrogen-bond acceptors (Lipinski definition) is 6. The second-order valence-electron chi connectivity index (χ2n) is 5.60. The van der Waals surface area contributed by atoms with E-state index in [0.29, 0.717) is 43.0 Å². The van der Waals surface area contributed by atoms with Gasteiger partial charge in [-0.25, -0.2) is 19.6 Å². The highest BCUT2D eigenvalue weighted by molar-refractivity contribution is 6.29. The summed E-state index contributed by atoms with van der Waals surface area (Å²) in [6.07, 6.45) is 3.65. The van der Waals surface area contributed by atoms with Crippen molar-refractivity contribution in [1.82, 2.24) is 29.3 Å². The molecule has 1 aliphatic rings. The van der Waals surface area contributed by atoms with Crippen LogP contribution in [-0.2, 0) is 24.4 Å². The second-order valence-corrected chi connectivity index (χ2v) is 5.98. The van der Waals surface area contributed by atoms with Crippen LogP contribution in [-0.4, -0.2) is 43.0 Å². The van der Waals surface area contributed by atoms with Gasteiger partial charge in [0, 0.05) is 32.1 Å². The van der Waals surface area contributed by atoms with E-state index in [-0.39, 0.29) is 0 Å². The molecule has 0 N–H and O–H groups in total. The van der Waals surface area contributed by atoms with Crippen LogP contribution < -0.4 is 4.74 Å². The molecule has 0 atom stereocenters. The summed E-state index contributed by atoms with van der Waals surface area (Å²) in [6.45, 7) is 4.30. The third-order valence-electron chi connectivity index (χ3n) is 3.96. The van der Waals surface area contributed by atoms with Crippen LogP contribution in [0.15, 0.2) is 18.5 Å². The highest BCUT2D eigenvalue weighted by Crippen LogP contribution is 2.34. The maximum Gasteiger partial charge on any atom is 0.178 e. The molecule has 130 valence electrons. The molecule has 4 rings (SSSR count). The van der Waals surface area contributed by atoms with E-state index in [9.17, 15) is 0 Å². The van der Waals surface area contributed by atoms with Gasteiger partial charge in [0.1, 0.15) is 35.6 Å². The molecule has 4 heterocycles. The standard InChI is InChI=1S/C16H17ClN6O2/c1-3-23-16(20-14(21-23)9-24-2)11-8-22-4-5-25-12-6-13(17)18-7-10(12)15(22)19-11/h6-8H,3-5,9H2,1-2H3. The van der Waals surface area contributed by atoms with E-state index in [2.05, 4.69) is 15.1 Å². The summed E-state index contributed by atoms with van der Waals surface area (Å²) in [5, 5.41) is 4.85. The maximum atomic E-state index is 5.98. The number of rotatable bonds is 4. The Bertz CT molecular complexity index is 919. The molecule has 0 radical (unpaired) electrons. The third kappa shape index (κ3) is 2.87. The molecule has 0 bridgehead atoms. The molecule has 0 aliphatic carbocycles. The van der Waals surface area contributed by atoms with Crippen LogP contribution in [0.4, 0.5) is 0 Å². The number of aryl methyl sites for hydroxylation is 1. The number of fused-ring (bicyclic) bond motifs is 3. The minimum absolute atomic E-state index is 0.368. The van der Waals surface area contributed by atoms with Crippen LogP contribution in [0.3, 0.4) is 0 Å². The Labute approximate surface area is 149 Å². The maximum absolute atomic E-state index is 5.98. The lowest BCUT2D eigenvalue weighted by molar-refractivity contribution is 0.177. The van der Waals surface area contributed by atoms with E-state index in [4.69, 9.17) is 26.1 Å². The Morgan fingerprint density at radius 1 is 1.32 bits per heavy atom. The van der Waals surface area contributed by atoms with Gasteiger partial charge in [-0.3, -0.25) is 0 Å². The number of ether oxygens (including phenoxy) is 2. The quantitative estimate of drug-likeness (QED) is 0.665. The Morgan fingerprint density at radius 3 is 3.00 bits per heavy atom. The molecule has 0 spiro atoms. The molecule has 9 heteroatoms. The van der Waals surface area contributed by atoms with Crippen molar-refractivity contribution in [3.05, 3.63) is 29.4 Å². The Morgan fingerprint density at radius 2 is 2.20 bits per heavy atom. The van der Waals surface area contributed by atoms with E-state index in [0.717, 1.165) is 22.9 Å². The van der Waals surface area contributed by atoms with Gasteiger partial charge in [0.05, 0.1) is 12.1 Å². The van der Waals surface area contributed by atoms with Crippen LogP contribution in [0.1, 0.15) is 12.7 Å². The molecule has 8 nitrogen and oxygen atoms in total. The summed E-state index contributed by atoms with van der Waals surface area (Å²) in [5.41, 5.74) is 1.57. The molecule has 1 aliphatic heterocycles. The van der Waals surface area contributed by atoms with Gasteiger partial charge < -0.3 is 14.0 Å². The lowest BCUT2D eigenvalue weighted by Gasteiger charge is -2.05. The molecule has 3 aromatic heterocycles. The normalized spacial score (nSPS) is 13.1. The lowest BCUT2D eigenvalue weighted by Crippen LogP contribution is -2.04. The van der Waals surface area contributed by atoms with Crippen molar-refractivity contribution in [2.45, 2.75) is 26.6 Å². The van der Waals surface area contributed by atoms with E-state index in [1.54, 1.807) is 19.4 Å². The largest absolute Gasteiger partial charge is 0.491 e. The average molecular weight is 361 g/mol. The molecular formula is C16H17ClN6O2. The van der Waals surface area contributed by atoms with Gasteiger partial charge in [-0.2, -0.15) is 5.10 Å². The van der Waals surface area contributed by atoms with Gasteiger partial charge in [-0.15, -0.1) is 0 Å². The minimum Gasteiger partial charge on any atom is -0.491 e. The first-order valence-electron chi connectivity index (χ1n) is 7.98. The Hall–Kier alpha value is -2.45. The van der Waals surface area contributed by atoms with Gasteiger partial charge >= 0.3 is 0 Å². The number of nitrogens with zero attached hydrogens (tertiary/aromatic N) is 6. The molecule has 0 amide bonds. The van der Waals surface area contributed by atoms with Gasteiger partial charge in [0.25, 0.3) is 0 Å². The zero-order chi connectivity index (χ0) is 17.4. The van der Waals surface area contributed by atoms with E-state index >= 15 is 0 Å². The molecule has 0 saturated heterocycles. The molecule has 0 saturated carbocycles. The fourth-order valence-corrected chi connectivity index (χ4v) is 3.00. The van der Waals surface area contributed by atoms with Crippen LogP contribution in [0.25, 0.3) is 22.9 Å². The minimum atomic E-state index is 0.368.